The van der Waals surface area contributed by atoms with Crippen molar-refractivity contribution in [1.82, 2.24) is 9.88 Å². The molecule has 0 unspecified atom stereocenters. The zero-order valence-electron chi connectivity index (χ0n) is 9.47. The largest absolute Gasteiger partial charge is 0.302 e. The first-order valence-corrected chi connectivity index (χ1v) is 5.89. The summed E-state index contributed by atoms with van der Waals surface area (Å²) in [6.07, 6.45) is 6.86. The van der Waals surface area contributed by atoms with Gasteiger partial charge in [-0.25, -0.2) is 0 Å². The normalized spacial score (nSPS) is 21.6. The lowest BCUT2D eigenvalue weighted by Gasteiger charge is -2.32. The number of rotatable bonds is 3. The summed E-state index contributed by atoms with van der Waals surface area (Å²) >= 11 is 0. The first-order chi connectivity index (χ1) is 7.90. The third-order valence-corrected chi connectivity index (χ3v) is 3.22. The third-order valence-electron chi connectivity index (χ3n) is 3.22. The molecular weight excluding hydrogens is 198 g/mol. The summed E-state index contributed by atoms with van der Waals surface area (Å²) in [6.45, 7) is 3.15. The van der Waals surface area contributed by atoms with Crippen molar-refractivity contribution in [2.75, 3.05) is 19.6 Å². The maximum absolute atomic E-state index is 8.59. The van der Waals surface area contributed by atoms with Crippen LogP contribution in [0.3, 0.4) is 0 Å². The summed E-state index contributed by atoms with van der Waals surface area (Å²) < 4.78 is 0. The number of nitriles is 1. The minimum atomic E-state index is 0.621. The van der Waals surface area contributed by atoms with Crippen molar-refractivity contribution in [3.63, 3.8) is 0 Å². The van der Waals surface area contributed by atoms with Gasteiger partial charge in [0.1, 0.15) is 0 Å². The van der Waals surface area contributed by atoms with Gasteiger partial charge in [-0.05, 0) is 43.0 Å². The van der Waals surface area contributed by atoms with Crippen LogP contribution in [0, 0.1) is 11.3 Å². The molecule has 0 radical (unpaired) electrons. The maximum atomic E-state index is 8.59. The highest BCUT2D eigenvalue weighted by molar-refractivity contribution is 5.16. The molecule has 1 fully saturated rings. The smallest absolute Gasteiger partial charge is 0.0635 e. The van der Waals surface area contributed by atoms with Crippen molar-refractivity contribution in [2.45, 2.75) is 25.2 Å². The highest BCUT2D eigenvalue weighted by atomic mass is 15.1. The van der Waals surface area contributed by atoms with Crippen molar-refractivity contribution in [2.24, 2.45) is 0 Å². The van der Waals surface area contributed by atoms with Crippen LogP contribution in [0.5, 0.6) is 0 Å². The second-order valence-corrected chi connectivity index (χ2v) is 4.33. The quantitative estimate of drug-likeness (QED) is 0.775. The van der Waals surface area contributed by atoms with Crippen LogP contribution in [0.1, 0.15) is 30.7 Å². The molecule has 1 aliphatic rings. The Labute approximate surface area is 96.7 Å². The molecule has 3 heteroatoms. The Bertz CT molecular complexity index is 355. The van der Waals surface area contributed by atoms with Crippen LogP contribution in [0.25, 0.3) is 0 Å². The van der Waals surface area contributed by atoms with Crippen LogP contribution in [0.2, 0.25) is 0 Å². The Morgan fingerprint density at radius 3 is 3.00 bits per heavy atom. The number of nitrogens with zero attached hydrogens (tertiary/aromatic N) is 3. The molecule has 1 aliphatic heterocycles. The lowest BCUT2D eigenvalue weighted by Crippen LogP contribution is -2.34. The minimum absolute atomic E-state index is 0.621. The van der Waals surface area contributed by atoms with Crippen molar-refractivity contribution in [3.05, 3.63) is 30.1 Å². The average molecular weight is 215 g/mol. The summed E-state index contributed by atoms with van der Waals surface area (Å²) in [5.41, 5.74) is 1.39. The predicted octanol–water partition coefficient (Wildman–Crippen LogP) is 2.17. The van der Waals surface area contributed by atoms with Crippen LogP contribution in [-0.2, 0) is 0 Å². The molecule has 2 rings (SSSR count). The molecular formula is C13H17N3. The van der Waals surface area contributed by atoms with Gasteiger partial charge in [-0.15, -0.1) is 0 Å². The Hall–Kier alpha value is -1.40. The predicted molar refractivity (Wildman–Crippen MR) is 62.9 cm³/mol. The molecule has 1 atom stereocenters. The fourth-order valence-electron chi connectivity index (χ4n) is 2.37. The number of hydrogen-bond donors (Lipinski definition) is 0. The molecule has 1 saturated heterocycles. The van der Waals surface area contributed by atoms with Gasteiger partial charge in [0, 0.05) is 31.9 Å². The monoisotopic (exact) mass is 215 g/mol. The van der Waals surface area contributed by atoms with E-state index in [4.69, 9.17) is 5.26 Å². The average Bonchev–Trinajstić information content (AvgIpc) is 2.38. The number of piperidine rings is 1. The van der Waals surface area contributed by atoms with Crippen molar-refractivity contribution in [3.8, 4) is 6.07 Å². The van der Waals surface area contributed by atoms with Crippen molar-refractivity contribution < 1.29 is 0 Å². The van der Waals surface area contributed by atoms with Crippen molar-refractivity contribution in [1.29, 1.82) is 5.26 Å². The summed E-state index contributed by atoms with van der Waals surface area (Å²) in [5.74, 6) is 0.621. The van der Waals surface area contributed by atoms with E-state index in [2.05, 4.69) is 28.1 Å². The van der Waals surface area contributed by atoms with Crippen LogP contribution in [-0.4, -0.2) is 29.5 Å². The Kier molecular flexibility index (Phi) is 3.90. The number of hydrogen-bond acceptors (Lipinski definition) is 3. The highest BCUT2D eigenvalue weighted by Crippen LogP contribution is 2.26. The summed E-state index contributed by atoms with van der Waals surface area (Å²) in [7, 11) is 0. The molecule has 0 N–H and O–H groups in total. The van der Waals surface area contributed by atoms with E-state index in [1.165, 1.54) is 18.4 Å². The second-order valence-electron chi connectivity index (χ2n) is 4.33. The number of aromatic nitrogens is 1. The fraction of sp³-hybridized carbons (Fsp3) is 0.538. The van der Waals surface area contributed by atoms with E-state index in [9.17, 15) is 0 Å². The molecule has 16 heavy (non-hydrogen) atoms. The van der Waals surface area contributed by atoms with Crippen LogP contribution in [0.15, 0.2) is 24.5 Å². The van der Waals surface area contributed by atoms with E-state index in [0.29, 0.717) is 12.3 Å². The molecule has 0 aliphatic carbocycles. The Morgan fingerprint density at radius 1 is 1.44 bits per heavy atom. The SMILES string of the molecule is N#CCCN1CCC[C@H](c2ccncc2)C1. The number of likely N-dealkylation sites (tertiary alicyclic amines) is 1. The van der Waals surface area contributed by atoms with Gasteiger partial charge >= 0.3 is 0 Å². The van der Waals surface area contributed by atoms with Gasteiger partial charge in [-0.1, -0.05) is 0 Å². The van der Waals surface area contributed by atoms with E-state index in [1.807, 2.05) is 12.4 Å². The summed E-state index contributed by atoms with van der Waals surface area (Å²) in [6, 6.07) is 6.44. The molecule has 3 nitrogen and oxygen atoms in total. The molecule has 0 aromatic carbocycles. The first-order valence-electron chi connectivity index (χ1n) is 5.89. The summed E-state index contributed by atoms with van der Waals surface area (Å²) in [4.78, 5) is 6.45. The molecule has 0 saturated carbocycles. The Morgan fingerprint density at radius 2 is 2.25 bits per heavy atom. The Balaban J connectivity index is 1.94. The van der Waals surface area contributed by atoms with Crippen molar-refractivity contribution >= 4 is 0 Å². The topological polar surface area (TPSA) is 39.9 Å². The van der Waals surface area contributed by atoms with E-state index < -0.39 is 0 Å². The van der Waals surface area contributed by atoms with E-state index >= 15 is 0 Å². The zero-order chi connectivity index (χ0) is 11.2. The van der Waals surface area contributed by atoms with E-state index in [1.54, 1.807) is 0 Å². The van der Waals surface area contributed by atoms with Gasteiger partial charge in [0.05, 0.1) is 6.07 Å². The van der Waals surface area contributed by atoms with Gasteiger partial charge < -0.3 is 4.90 Å². The van der Waals surface area contributed by atoms with Gasteiger partial charge in [-0.3, -0.25) is 4.98 Å². The molecule has 1 aromatic rings. The van der Waals surface area contributed by atoms with Crippen LogP contribution in [0.4, 0.5) is 0 Å². The zero-order valence-corrected chi connectivity index (χ0v) is 9.47. The van der Waals surface area contributed by atoms with Crippen LogP contribution < -0.4 is 0 Å². The first kappa shape index (κ1) is 11.1. The molecule has 0 bridgehead atoms. The summed E-state index contributed by atoms with van der Waals surface area (Å²) in [5, 5.41) is 8.59. The molecule has 84 valence electrons. The maximum Gasteiger partial charge on any atom is 0.0635 e. The molecule has 1 aromatic heterocycles. The lowest BCUT2D eigenvalue weighted by atomic mass is 9.91. The molecule has 0 amide bonds. The van der Waals surface area contributed by atoms with Crippen LogP contribution >= 0.6 is 0 Å². The van der Waals surface area contributed by atoms with Gasteiger partial charge in [-0.2, -0.15) is 5.26 Å². The van der Waals surface area contributed by atoms with E-state index in [0.717, 1.165) is 19.6 Å². The minimum Gasteiger partial charge on any atom is -0.302 e. The van der Waals surface area contributed by atoms with Gasteiger partial charge in [0.15, 0.2) is 0 Å². The van der Waals surface area contributed by atoms with Gasteiger partial charge in [0.2, 0.25) is 0 Å². The number of pyridine rings is 1. The molecule has 0 spiro atoms. The van der Waals surface area contributed by atoms with E-state index in [-0.39, 0.29) is 0 Å². The van der Waals surface area contributed by atoms with Gasteiger partial charge in [0.25, 0.3) is 0 Å². The molecule has 2 heterocycles. The second kappa shape index (κ2) is 5.62. The third kappa shape index (κ3) is 2.80. The lowest BCUT2D eigenvalue weighted by molar-refractivity contribution is 0.212. The standard InChI is InChI=1S/C13H17N3/c14-6-2-10-16-9-1-3-13(11-16)12-4-7-15-8-5-12/h4-5,7-8,13H,1-3,9-11H2/t13-/m0/s1. The fourth-order valence-corrected chi connectivity index (χ4v) is 2.37. The highest BCUT2D eigenvalue weighted by Gasteiger charge is 2.20.